The van der Waals surface area contributed by atoms with Crippen molar-refractivity contribution < 1.29 is 9.59 Å². The van der Waals surface area contributed by atoms with Gasteiger partial charge in [0.1, 0.15) is 5.01 Å². The highest BCUT2D eigenvalue weighted by atomic mass is 32.1. The van der Waals surface area contributed by atoms with E-state index in [1.807, 2.05) is 47.8 Å². The van der Waals surface area contributed by atoms with Gasteiger partial charge < -0.3 is 10.6 Å². The molecule has 1 heterocycles. The lowest BCUT2D eigenvalue weighted by atomic mass is 10.1. The van der Waals surface area contributed by atoms with Crippen molar-refractivity contribution in [1.29, 1.82) is 0 Å². The summed E-state index contributed by atoms with van der Waals surface area (Å²) in [5.74, 6) is -0.205. The smallest absolute Gasteiger partial charge is 0.251 e. The maximum atomic E-state index is 12.1. The molecular weight excluding hydrogens is 346 g/mol. The van der Waals surface area contributed by atoms with Crippen molar-refractivity contribution in [3.05, 3.63) is 76.8 Å². The van der Waals surface area contributed by atoms with E-state index in [9.17, 15) is 9.59 Å². The third kappa shape index (κ3) is 4.55. The summed E-state index contributed by atoms with van der Waals surface area (Å²) in [6.45, 7) is 0.419. The standard InChI is InChI=1S/C20H19N3O2S/c1-21-19(25)15-9-7-14(8-10-15)12-22-18(24)11-17-13-26-20(23-17)16-5-3-2-4-6-16/h2-10,13H,11-12H2,1H3,(H,21,25)(H,22,24). The molecule has 2 N–H and O–H groups in total. The van der Waals surface area contributed by atoms with Gasteiger partial charge in [-0.25, -0.2) is 4.98 Å². The van der Waals surface area contributed by atoms with Gasteiger partial charge in [0.2, 0.25) is 5.91 Å². The molecule has 2 amide bonds. The Morgan fingerprint density at radius 2 is 1.77 bits per heavy atom. The minimum Gasteiger partial charge on any atom is -0.355 e. The molecule has 0 aliphatic carbocycles. The molecule has 0 radical (unpaired) electrons. The highest BCUT2D eigenvalue weighted by molar-refractivity contribution is 7.13. The number of carbonyl (C=O) groups is 2. The second kappa shape index (κ2) is 8.40. The van der Waals surface area contributed by atoms with Crippen LogP contribution in [0.1, 0.15) is 21.6 Å². The van der Waals surface area contributed by atoms with Crippen molar-refractivity contribution in [1.82, 2.24) is 15.6 Å². The van der Waals surface area contributed by atoms with Gasteiger partial charge in [-0.3, -0.25) is 9.59 Å². The number of amides is 2. The van der Waals surface area contributed by atoms with Gasteiger partial charge in [0.15, 0.2) is 0 Å². The summed E-state index contributed by atoms with van der Waals surface area (Å²) in [5, 5.41) is 8.29. The molecule has 132 valence electrons. The topological polar surface area (TPSA) is 71.1 Å². The van der Waals surface area contributed by atoms with Crippen LogP contribution in [0, 0.1) is 0 Å². The van der Waals surface area contributed by atoms with Gasteiger partial charge in [-0.2, -0.15) is 0 Å². The quantitative estimate of drug-likeness (QED) is 0.705. The highest BCUT2D eigenvalue weighted by Crippen LogP contribution is 2.23. The Morgan fingerprint density at radius 1 is 1.04 bits per heavy atom. The number of hydrogen-bond acceptors (Lipinski definition) is 4. The van der Waals surface area contributed by atoms with Crippen molar-refractivity contribution >= 4 is 23.2 Å². The lowest BCUT2D eigenvalue weighted by Crippen LogP contribution is -2.24. The molecule has 26 heavy (non-hydrogen) atoms. The Labute approximate surface area is 156 Å². The fourth-order valence-corrected chi connectivity index (χ4v) is 3.27. The Bertz CT molecular complexity index is 889. The highest BCUT2D eigenvalue weighted by Gasteiger charge is 2.09. The van der Waals surface area contributed by atoms with Gasteiger partial charge in [0.25, 0.3) is 5.91 Å². The molecule has 0 unspecified atom stereocenters. The van der Waals surface area contributed by atoms with Gasteiger partial charge in [-0.15, -0.1) is 11.3 Å². The number of carbonyl (C=O) groups excluding carboxylic acids is 2. The van der Waals surface area contributed by atoms with Crippen LogP contribution in [0.5, 0.6) is 0 Å². The van der Waals surface area contributed by atoms with Crippen molar-refractivity contribution in [3.63, 3.8) is 0 Å². The number of thiazole rings is 1. The summed E-state index contributed by atoms with van der Waals surface area (Å²) in [6.07, 6.45) is 0.250. The van der Waals surface area contributed by atoms with E-state index in [1.165, 1.54) is 11.3 Å². The molecule has 1 aromatic heterocycles. The molecule has 6 heteroatoms. The molecular formula is C20H19N3O2S. The lowest BCUT2D eigenvalue weighted by Gasteiger charge is -2.05. The molecule has 0 saturated heterocycles. The SMILES string of the molecule is CNC(=O)c1ccc(CNC(=O)Cc2csc(-c3ccccc3)n2)cc1. The number of nitrogens with one attached hydrogen (secondary N) is 2. The number of nitrogens with zero attached hydrogens (tertiary/aromatic N) is 1. The second-order valence-corrected chi connectivity index (χ2v) is 6.60. The first-order chi connectivity index (χ1) is 12.7. The first kappa shape index (κ1) is 17.8. The van der Waals surface area contributed by atoms with E-state index in [2.05, 4.69) is 15.6 Å². The van der Waals surface area contributed by atoms with Crippen LogP contribution in [0.3, 0.4) is 0 Å². The van der Waals surface area contributed by atoms with Gasteiger partial charge in [0.05, 0.1) is 12.1 Å². The van der Waals surface area contributed by atoms with Gasteiger partial charge in [-0.05, 0) is 17.7 Å². The van der Waals surface area contributed by atoms with Gasteiger partial charge >= 0.3 is 0 Å². The van der Waals surface area contributed by atoms with Crippen molar-refractivity contribution in [2.75, 3.05) is 7.05 Å². The molecule has 0 bridgehead atoms. The summed E-state index contributed by atoms with van der Waals surface area (Å²) in [7, 11) is 1.60. The summed E-state index contributed by atoms with van der Waals surface area (Å²) in [6, 6.07) is 17.1. The number of hydrogen-bond donors (Lipinski definition) is 2. The third-order valence-corrected chi connectivity index (χ3v) is 4.79. The summed E-state index contributed by atoms with van der Waals surface area (Å²) >= 11 is 1.54. The van der Waals surface area contributed by atoms with E-state index in [4.69, 9.17) is 0 Å². The summed E-state index contributed by atoms with van der Waals surface area (Å²) in [5.41, 5.74) is 3.36. The zero-order valence-corrected chi connectivity index (χ0v) is 15.2. The average Bonchev–Trinajstić information content (AvgIpc) is 3.15. The van der Waals surface area contributed by atoms with E-state index in [0.29, 0.717) is 12.1 Å². The zero-order valence-electron chi connectivity index (χ0n) is 14.4. The average molecular weight is 365 g/mol. The third-order valence-electron chi connectivity index (χ3n) is 3.85. The predicted octanol–water partition coefficient (Wildman–Crippen LogP) is 3.03. The van der Waals surface area contributed by atoms with Crippen molar-refractivity contribution in [2.45, 2.75) is 13.0 Å². The van der Waals surface area contributed by atoms with E-state index < -0.39 is 0 Å². The largest absolute Gasteiger partial charge is 0.355 e. The Morgan fingerprint density at radius 3 is 2.46 bits per heavy atom. The molecule has 2 aromatic carbocycles. The van der Waals surface area contributed by atoms with E-state index in [1.54, 1.807) is 19.2 Å². The molecule has 0 spiro atoms. The van der Waals surface area contributed by atoms with Crippen LogP contribution >= 0.6 is 11.3 Å². The van der Waals surface area contributed by atoms with Crippen LogP contribution < -0.4 is 10.6 Å². The Hall–Kier alpha value is -2.99. The number of rotatable bonds is 6. The van der Waals surface area contributed by atoms with E-state index in [0.717, 1.165) is 21.8 Å². The van der Waals surface area contributed by atoms with E-state index in [-0.39, 0.29) is 18.2 Å². The molecule has 0 atom stereocenters. The van der Waals surface area contributed by atoms with Crippen molar-refractivity contribution in [3.8, 4) is 10.6 Å². The summed E-state index contributed by atoms with van der Waals surface area (Å²) in [4.78, 5) is 28.2. The van der Waals surface area contributed by atoms with Gasteiger partial charge in [0, 0.05) is 30.1 Å². The maximum absolute atomic E-state index is 12.1. The fourth-order valence-electron chi connectivity index (χ4n) is 2.45. The van der Waals surface area contributed by atoms with Crippen LogP contribution in [0.4, 0.5) is 0 Å². The zero-order chi connectivity index (χ0) is 18.4. The number of benzene rings is 2. The van der Waals surface area contributed by atoms with Crippen LogP contribution in [0.2, 0.25) is 0 Å². The molecule has 0 saturated carbocycles. The lowest BCUT2D eigenvalue weighted by molar-refractivity contribution is -0.120. The van der Waals surface area contributed by atoms with Crippen LogP contribution in [-0.4, -0.2) is 23.8 Å². The maximum Gasteiger partial charge on any atom is 0.251 e. The first-order valence-electron chi connectivity index (χ1n) is 8.23. The fraction of sp³-hybridized carbons (Fsp3) is 0.150. The predicted molar refractivity (Wildman–Crippen MR) is 103 cm³/mol. The number of aromatic nitrogens is 1. The Kier molecular flexibility index (Phi) is 5.76. The molecule has 0 fully saturated rings. The normalized spacial score (nSPS) is 10.3. The summed E-state index contributed by atoms with van der Waals surface area (Å²) < 4.78 is 0. The van der Waals surface area contributed by atoms with Gasteiger partial charge in [-0.1, -0.05) is 42.5 Å². The second-order valence-electron chi connectivity index (χ2n) is 5.74. The van der Waals surface area contributed by atoms with Crippen LogP contribution in [0.15, 0.2) is 60.0 Å². The Balaban J connectivity index is 1.53. The van der Waals surface area contributed by atoms with E-state index >= 15 is 0 Å². The van der Waals surface area contributed by atoms with Crippen LogP contribution in [0.25, 0.3) is 10.6 Å². The first-order valence-corrected chi connectivity index (χ1v) is 9.11. The van der Waals surface area contributed by atoms with Crippen molar-refractivity contribution in [2.24, 2.45) is 0 Å². The minimum absolute atomic E-state index is 0.0784. The monoisotopic (exact) mass is 365 g/mol. The molecule has 3 rings (SSSR count). The molecule has 0 aliphatic rings. The minimum atomic E-state index is -0.127. The molecule has 0 aliphatic heterocycles. The molecule has 5 nitrogen and oxygen atoms in total. The van der Waals surface area contributed by atoms with Crippen LogP contribution in [-0.2, 0) is 17.8 Å². The molecule has 3 aromatic rings.